The molecular formula is C10H17BN4O5. The number of hydrogen-bond acceptors (Lipinski definition) is 8. The van der Waals surface area contributed by atoms with E-state index in [0.29, 0.717) is 0 Å². The predicted octanol–water partition coefficient (Wildman–Crippen LogP) is -1.87. The number of nitrogens with one attached hydrogen (secondary N) is 1. The Hall–Kier alpha value is -1.56. The molecule has 2 rings (SSSR count). The Morgan fingerprint density at radius 1 is 1.05 bits per heavy atom. The van der Waals surface area contributed by atoms with E-state index < -0.39 is 7.32 Å². The first-order valence-corrected chi connectivity index (χ1v) is 5.92. The SMILES string of the molecule is OCCN(CCO)OB(O)O.c1ccc2n[nH]nc2c1. The second-order valence-corrected chi connectivity index (χ2v) is 3.62. The van der Waals surface area contributed by atoms with Gasteiger partial charge in [0.15, 0.2) is 0 Å². The van der Waals surface area contributed by atoms with Crippen LogP contribution in [0.25, 0.3) is 11.0 Å². The average Bonchev–Trinajstić information content (AvgIpc) is 2.87. The van der Waals surface area contributed by atoms with Gasteiger partial charge in [0.2, 0.25) is 0 Å². The first-order valence-electron chi connectivity index (χ1n) is 5.92. The number of hydroxylamine groups is 2. The Labute approximate surface area is 115 Å². The largest absolute Gasteiger partial charge is 0.651 e. The van der Waals surface area contributed by atoms with E-state index in [1.165, 1.54) is 0 Å². The maximum absolute atomic E-state index is 8.41. The molecule has 0 radical (unpaired) electrons. The van der Waals surface area contributed by atoms with E-state index in [0.717, 1.165) is 16.1 Å². The van der Waals surface area contributed by atoms with Crippen LogP contribution in [0.2, 0.25) is 0 Å². The van der Waals surface area contributed by atoms with Crippen molar-refractivity contribution < 1.29 is 25.0 Å². The lowest BCUT2D eigenvalue weighted by molar-refractivity contribution is -0.108. The second-order valence-electron chi connectivity index (χ2n) is 3.62. The van der Waals surface area contributed by atoms with Gasteiger partial charge in [0, 0.05) is 13.1 Å². The fraction of sp³-hybridized carbons (Fsp3) is 0.400. The van der Waals surface area contributed by atoms with Crippen LogP contribution in [-0.2, 0) is 4.76 Å². The quantitative estimate of drug-likeness (QED) is 0.307. The summed E-state index contributed by atoms with van der Waals surface area (Å²) in [6.45, 7) is -0.101. The normalized spacial score (nSPS) is 10.4. The average molecular weight is 284 g/mol. The number of para-hydroxylation sites is 2. The zero-order valence-electron chi connectivity index (χ0n) is 10.8. The van der Waals surface area contributed by atoms with Gasteiger partial charge in [-0.15, -0.1) is 0 Å². The standard InChI is InChI=1S/C6H5N3.C4H12BNO5/c1-2-4-6-5(3-1)7-9-8-6;7-3-1-6(2-4-8)11-5(9)10/h1-4H,(H,7,8,9);7-10H,1-4H2. The van der Waals surface area contributed by atoms with E-state index in [1.807, 2.05) is 24.3 Å². The minimum atomic E-state index is -1.91. The number of aromatic amines is 1. The van der Waals surface area contributed by atoms with Crippen molar-refractivity contribution >= 4 is 18.4 Å². The van der Waals surface area contributed by atoms with E-state index >= 15 is 0 Å². The van der Waals surface area contributed by atoms with Gasteiger partial charge in [-0.1, -0.05) is 12.1 Å². The van der Waals surface area contributed by atoms with Crippen LogP contribution in [-0.4, -0.2) is 74.4 Å². The summed E-state index contributed by atoms with van der Waals surface area (Å²) in [5.41, 5.74) is 1.83. The molecule has 0 saturated heterocycles. The molecule has 0 fully saturated rings. The molecule has 0 bridgehead atoms. The Kier molecular flexibility index (Phi) is 7.73. The van der Waals surface area contributed by atoms with E-state index in [-0.39, 0.29) is 26.3 Å². The molecule has 1 aromatic carbocycles. The van der Waals surface area contributed by atoms with Crippen LogP contribution in [0.15, 0.2) is 24.3 Å². The lowest BCUT2D eigenvalue weighted by Gasteiger charge is -2.18. The van der Waals surface area contributed by atoms with Crippen LogP contribution < -0.4 is 0 Å². The zero-order chi connectivity index (χ0) is 14.8. The fourth-order valence-corrected chi connectivity index (χ4v) is 1.36. The minimum Gasteiger partial charge on any atom is -0.401 e. The zero-order valence-corrected chi connectivity index (χ0v) is 10.8. The Morgan fingerprint density at radius 3 is 1.95 bits per heavy atom. The fourth-order valence-electron chi connectivity index (χ4n) is 1.36. The molecule has 2 aromatic rings. The molecule has 0 aliphatic carbocycles. The highest BCUT2D eigenvalue weighted by Gasteiger charge is 2.14. The van der Waals surface area contributed by atoms with Crippen molar-refractivity contribution in [2.75, 3.05) is 26.3 Å². The number of benzene rings is 1. The number of aromatic nitrogens is 3. The molecule has 0 saturated carbocycles. The van der Waals surface area contributed by atoms with Crippen molar-refractivity contribution in [3.05, 3.63) is 24.3 Å². The number of hydrogen-bond donors (Lipinski definition) is 5. The third kappa shape index (κ3) is 6.06. The molecule has 0 unspecified atom stereocenters. The van der Waals surface area contributed by atoms with E-state index in [1.54, 1.807) is 0 Å². The van der Waals surface area contributed by atoms with E-state index in [2.05, 4.69) is 20.2 Å². The third-order valence-electron chi connectivity index (χ3n) is 2.16. The predicted molar refractivity (Wildman–Crippen MR) is 70.9 cm³/mol. The molecular weight excluding hydrogens is 267 g/mol. The smallest absolute Gasteiger partial charge is 0.401 e. The van der Waals surface area contributed by atoms with E-state index in [4.69, 9.17) is 20.3 Å². The van der Waals surface area contributed by atoms with Crippen LogP contribution in [0.3, 0.4) is 0 Å². The summed E-state index contributed by atoms with van der Waals surface area (Å²) in [4.78, 5) is 0. The van der Waals surface area contributed by atoms with Gasteiger partial charge in [-0.2, -0.15) is 20.5 Å². The second kappa shape index (κ2) is 9.36. The molecule has 9 nitrogen and oxygen atoms in total. The Morgan fingerprint density at radius 2 is 1.55 bits per heavy atom. The van der Waals surface area contributed by atoms with Crippen molar-refractivity contribution in [2.45, 2.75) is 0 Å². The van der Waals surface area contributed by atoms with Gasteiger partial charge in [0.05, 0.1) is 13.2 Å². The van der Waals surface area contributed by atoms with Crippen LogP contribution in [0.1, 0.15) is 0 Å². The van der Waals surface area contributed by atoms with Crippen LogP contribution in [0.4, 0.5) is 0 Å². The molecule has 0 atom stereocenters. The summed E-state index contributed by atoms with van der Waals surface area (Å²) < 4.78 is 4.36. The monoisotopic (exact) mass is 284 g/mol. The van der Waals surface area contributed by atoms with Gasteiger partial charge in [-0.05, 0) is 12.1 Å². The van der Waals surface area contributed by atoms with Crippen LogP contribution >= 0.6 is 0 Å². The van der Waals surface area contributed by atoms with Gasteiger partial charge < -0.3 is 20.3 Å². The van der Waals surface area contributed by atoms with Crippen molar-refractivity contribution in [1.29, 1.82) is 0 Å². The van der Waals surface area contributed by atoms with Crippen molar-refractivity contribution in [3.63, 3.8) is 0 Å². The molecule has 0 aliphatic heterocycles. The van der Waals surface area contributed by atoms with Crippen molar-refractivity contribution in [3.8, 4) is 0 Å². The summed E-state index contributed by atoms with van der Waals surface area (Å²) in [5, 5.41) is 44.8. The Balaban J connectivity index is 0.000000202. The lowest BCUT2D eigenvalue weighted by Crippen LogP contribution is -2.36. The summed E-state index contributed by atoms with van der Waals surface area (Å²) in [6.07, 6.45) is 0. The first kappa shape index (κ1) is 16.5. The highest BCUT2D eigenvalue weighted by molar-refractivity contribution is 6.32. The Bertz CT molecular complexity index is 447. The maximum Gasteiger partial charge on any atom is 0.651 e. The molecule has 0 amide bonds. The van der Waals surface area contributed by atoms with Gasteiger partial charge >= 0.3 is 7.32 Å². The maximum atomic E-state index is 8.41. The highest BCUT2D eigenvalue weighted by Crippen LogP contribution is 2.03. The molecule has 10 heteroatoms. The van der Waals surface area contributed by atoms with Crippen LogP contribution in [0.5, 0.6) is 0 Å². The highest BCUT2D eigenvalue weighted by atomic mass is 16.7. The third-order valence-corrected chi connectivity index (χ3v) is 2.16. The van der Waals surface area contributed by atoms with E-state index in [9.17, 15) is 0 Å². The van der Waals surface area contributed by atoms with Gasteiger partial charge in [-0.3, -0.25) is 4.76 Å². The number of H-pyrrole nitrogens is 1. The van der Waals surface area contributed by atoms with Gasteiger partial charge in [0.1, 0.15) is 11.0 Å². The van der Waals surface area contributed by atoms with Crippen LogP contribution in [0, 0.1) is 0 Å². The van der Waals surface area contributed by atoms with Crippen molar-refractivity contribution in [2.24, 2.45) is 0 Å². The molecule has 5 N–H and O–H groups in total. The number of aliphatic hydroxyl groups excluding tert-OH is 2. The molecule has 1 aromatic heterocycles. The summed E-state index contributed by atoms with van der Waals surface area (Å²) in [7, 11) is -1.91. The number of nitrogens with zero attached hydrogens (tertiary/aromatic N) is 3. The molecule has 1 heterocycles. The summed E-state index contributed by atoms with van der Waals surface area (Å²) in [5.74, 6) is 0. The van der Waals surface area contributed by atoms with Crippen molar-refractivity contribution in [1.82, 2.24) is 20.5 Å². The minimum absolute atomic E-state index is 0.123. The lowest BCUT2D eigenvalue weighted by atomic mass is 10.3. The number of aliphatic hydroxyl groups is 2. The summed E-state index contributed by atoms with van der Waals surface area (Å²) in [6, 6.07) is 7.70. The summed E-state index contributed by atoms with van der Waals surface area (Å²) >= 11 is 0. The molecule has 110 valence electrons. The number of fused-ring (bicyclic) bond motifs is 1. The first-order chi connectivity index (χ1) is 9.67. The molecule has 20 heavy (non-hydrogen) atoms. The molecule has 0 aliphatic rings. The number of rotatable bonds is 6. The van der Waals surface area contributed by atoms with Gasteiger partial charge in [-0.25, -0.2) is 0 Å². The van der Waals surface area contributed by atoms with Gasteiger partial charge in [0.25, 0.3) is 0 Å². The topological polar surface area (TPSA) is 135 Å². The molecule has 0 spiro atoms.